The van der Waals surface area contributed by atoms with E-state index in [4.69, 9.17) is 14.2 Å². The highest BCUT2D eigenvalue weighted by Crippen LogP contribution is 2.27. The molecule has 0 aliphatic heterocycles. The van der Waals surface area contributed by atoms with E-state index in [9.17, 15) is 19.2 Å². The van der Waals surface area contributed by atoms with E-state index < -0.39 is 25.1 Å². The Labute approximate surface area is 173 Å². The smallest absolute Gasteiger partial charge is 0.344 e. The van der Waals surface area contributed by atoms with Crippen LogP contribution in [0.5, 0.6) is 11.5 Å². The van der Waals surface area contributed by atoms with Crippen molar-refractivity contribution in [1.82, 2.24) is 4.90 Å². The molecule has 0 aliphatic carbocycles. The number of carbonyl (C=O) groups excluding carboxylic acids is 4. The van der Waals surface area contributed by atoms with Gasteiger partial charge in [-0.25, -0.2) is 4.79 Å². The van der Waals surface area contributed by atoms with E-state index in [1.54, 1.807) is 38.4 Å². The normalized spacial score (nSPS) is 9.97. The molecule has 2 amide bonds. The van der Waals surface area contributed by atoms with Crippen LogP contribution >= 0.6 is 0 Å². The van der Waals surface area contributed by atoms with Gasteiger partial charge in [0.05, 0.1) is 7.11 Å². The van der Waals surface area contributed by atoms with Crippen molar-refractivity contribution in [2.75, 3.05) is 39.7 Å². The monoisotopic (exact) mass is 414 g/mol. The molecule has 0 aromatic heterocycles. The van der Waals surface area contributed by atoms with E-state index >= 15 is 0 Å². The molecule has 2 rings (SSSR count). The second-order valence-electron chi connectivity index (χ2n) is 6.30. The van der Waals surface area contributed by atoms with Gasteiger partial charge in [0.1, 0.15) is 6.29 Å². The van der Waals surface area contributed by atoms with Crippen LogP contribution in [0.3, 0.4) is 0 Å². The lowest BCUT2D eigenvalue weighted by atomic mass is 10.2. The maximum Gasteiger partial charge on any atom is 0.344 e. The van der Waals surface area contributed by atoms with Crippen molar-refractivity contribution >= 4 is 29.8 Å². The molecule has 0 unspecified atom stereocenters. The van der Waals surface area contributed by atoms with E-state index in [-0.39, 0.29) is 11.7 Å². The fourth-order valence-corrected chi connectivity index (χ4v) is 2.35. The highest BCUT2D eigenvalue weighted by atomic mass is 16.6. The molecule has 0 saturated carbocycles. The first-order valence-corrected chi connectivity index (χ1v) is 8.87. The molecule has 0 fully saturated rings. The van der Waals surface area contributed by atoms with Crippen LogP contribution in [0.1, 0.15) is 20.7 Å². The molecule has 0 radical (unpaired) electrons. The van der Waals surface area contributed by atoms with Crippen LogP contribution < -0.4 is 14.8 Å². The first-order valence-electron chi connectivity index (χ1n) is 8.87. The molecular weight excluding hydrogens is 392 g/mol. The third kappa shape index (κ3) is 6.33. The summed E-state index contributed by atoms with van der Waals surface area (Å²) >= 11 is 0. The predicted molar refractivity (Wildman–Crippen MR) is 108 cm³/mol. The third-order valence-electron chi connectivity index (χ3n) is 3.86. The van der Waals surface area contributed by atoms with Crippen LogP contribution in [0.15, 0.2) is 42.5 Å². The van der Waals surface area contributed by atoms with Gasteiger partial charge < -0.3 is 24.4 Å². The van der Waals surface area contributed by atoms with Gasteiger partial charge in [-0.15, -0.1) is 0 Å². The lowest BCUT2D eigenvalue weighted by Crippen LogP contribution is -2.24. The summed E-state index contributed by atoms with van der Waals surface area (Å²) in [7, 11) is 4.70. The number of carbonyl (C=O) groups is 4. The van der Waals surface area contributed by atoms with Crippen molar-refractivity contribution < 1.29 is 33.4 Å². The summed E-state index contributed by atoms with van der Waals surface area (Å²) in [6, 6.07) is 10.8. The lowest BCUT2D eigenvalue weighted by Gasteiger charge is -2.12. The summed E-state index contributed by atoms with van der Waals surface area (Å²) in [5.41, 5.74) is 1.35. The topological polar surface area (TPSA) is 111 Å². The van der Waals surface area contributed by atoms with Crippen LogP contribution in [0.4, 0.5) is 5.69 Å². The van der Waals surface area contributed by atoms with Crippen molar-refractivity contribution in [2.24, 2.45) is 0 Å². The Morgan fingerprint density at radius 1 is 1.00 bits per heavy atom. The molecule has 0 saturated heterocycles. The molecule has 0 heterocycles. The zero-order chi connectivity index (χ0) is 22.1. The van der Waals surface area contributed by atoms with Crippen molar-refractivity contribution in [1.29, 1.82) is 0 Å². The summed E-state index contributed by atoms with van der Waals surface area (Å²) in [5, 5.41) is 2.56. The Morgan fingerprint density at radius 3 is 2.30 bits per heavy atom. The number of nitrogens with zero attached hydrogens (tertiary/aromatic N) is 1. The van der Waals surface area contributed by atoms with Crippen molar-refractivity contribution in [3.05, 3.63) is 53.6 Å². The lowest BCUT2D eigenvalue weighted by molar-refractivity contribution is -0.149. The number of hydrogen-bond acceptors (Lipinski definition) is 7. The van der Waals surface area contributed by atoms with E-state index in [1.165, 1.54) is 30.2 Å². The molecular formula is C21H22N2O7. The van der Waals surface area contributed by atoms with Gasteiger partial charge in [-0.2, -0.15) is 0 Å². The first-order chi connectivity index (χ1) is 14.3. The second-order valence-corrected chi connectivity index (χ2v) is 6.30. The molecule has 0 bridgehead atoms. The Bertz CT molecular complexity index is 923. The SMILES string of the molecule is COc1cc(C=O)ccc1OCC(=O)OCC(=O)Nc1ccc(C(=O)N(C)C)cc1. The molecule has 0 spiro atoms. The van der Waals surface area contributed by atoms with Crippen LogP contribution in [-0.4, -0.2) is 63.4 Å². The van der Waals surface area contributed by atoms with Gasteiger partial charge in [0.15, 0.2) is 24.7 Å². The van der Waals surface area contributed by atoms with Crippen molar-refractivity contribution in [3.8, 4) is 11.5 Å². The van der Waals surface area contributed by atoms with Crippen LogP contribution in [0, 0.1) is 0 Å². The van der Waals surface area contributed by atoms with Gasteiger partial charge in [-0.05, 0) is 42.5 Å². The van der Waals surface area contributed by atoms with Gasteiger partial charge in [-0.1, -0.05) is 0 Å². The molecule has 9 nitrogen and oxygen atoms in total. The highest BCUT2D eigenvalue weighted by Gasteiger charge is 2.12. The van der Waals surface area contributed by atoms with Crippen LogP contribution in [0.25, 0.3) is 0 Å². The van der Waals surface area contributed by atoms with Crippen LogP contribution in [0.2, 0.25) is 0 Å². The first kappa shape index (κ1) is 22.4. The number of aldehydes is 1. The Morgan fingerprint density at radius 2 is 1.70 bits per heavy atom. The number of ether oxygens (including phenoxy) is 3. The fraction of sp³-hybridized carbons (Fsp3) is 0.238. The fourth-order valence-electron chi connectivity index (χ4n) is 2.35. The zero-order valence-corrected chi connectivity index (χ0v) is 16.8. The van der Waals surface area contributed by atoms with Crippen LogP contribution in [-0.2, 0) is 14.3 Å². The minimum atomic E-state index is -0.751. The van der Waals surface area contributed by atoms with Gasteiger partial charge in [0.2, 0.25) is 0 Å². The maximum atomic E-state index is 11.9. The van der Waals surface area contributed by atoms with E-state index in [0.29, 0.717) is 28.8 Å². The molecule has 9 heteroatoms. The molecule has 1 N–H and O–H groups in total. The highest BCUT2D eigenvalue weighted by molar-refractivity contribution is 5.96. The number of benzene rings is 2. The Balaban J connectivity index is 1.80. The van der Waals surface area contributed by atoms with Crippen molar-refractivity contribution in [3.63, 3.8) is 0 Å². The van der Waals surface area contributed by atoms with E-state index in [1.807, 2.05) is 0 Å². The third-order valence-corrected chi connectivity index (χ3v) is 3.86. The van der Waals surface area contributed by atoms with Gasteiger partial charge in [0.25, 0.3) is 11.8 Å². The minimum Gasteiger partial charge on any atom is -0.493 e. The number of hydrogen-bond donors (Lipinski definition) is 1. The summed E-state index contributed by atoms with van der Waals surface area (Å²) in [6.45, 7) is -0.937. The summed E-state index contributed by atoms with van der Waals surface area (Å²) in [5.74, 6) is -0.890. The zero-order valence-electron chi connectivity index (χ0n) is 16.8. The average Bonchev–Trinajstić information content (AvgIpc) is 2.76. The maximum absolute atomic E-state index is 11.9. The summed E-state index contributed by atoms with van der Waals surface area (Å²) in [4.78, 5) is 47.8. The van der Waals surface area contributed by atoms with E-state index in [2.05, 4.69) is 5.32 Å². The average molecular weight is 414 g/mol. The Hall–Kier alpha value is -3.88. The molecule has 30 heavy (non-hydrogen) atoms. The number of esters is 1. The van der Waals surface area contributed by atoms with Gasteiger partial charge in [-0.3, -0.25) is 14.4 Å². The van der Waals surface area contributed by atoms with Gasteiger partial charge >= 0.3 is 5.97 Å². The predicted octanol–water partition coefficient (Wildman–Crippen LogP) is 1.77. The second kappa shape index (κ2) is 10.6. The minimum absolute atomic E-state index is 0.153. The van der Waals surface area contributed by atoms with Gasteiger partial charge in [0, 0.05) is 30.9 Å². The molecule has 0 atom stereocenters. The summed E-state index contributed by atoms with van der Waals surface area (Å²) < 4.78 is 15.3. The number of rotatable bonds is 9. The van der Waals surface area contributed by atoms with Crippen molar-refractivity contribution in [2.45, 2.75) is 0 Å². The molecule has 2 aromatic carbocycles. The number of anilines is 1. The number of nitrogens with one attached hydrogen (secondary N) is 1. The standard InChI is InChI=1S/C21H22N2O7/c1-23(2)21(27)15-5-7-16(8-6-15)22-19(25)12-30-20(26)13-29-17-9-4-14(11-24)10-18(17)28-3/h4-11H,12-13H2,1-3H3,(H,22,25). The molecule has 2 aromatic rings. The molecule has 158 valence electrons. The number of methoxy groups -OCH3 is 1. The van der Waals surface area contributed by atoms with E-state index in [0.717, 1.165) is 0 Å². The molecule has 0 aliphatic rings. The largest absolute Gasteiger partial charge is 0.493 e. The Kier molecular flexibility index (Phi) is 7.92. The quantitative estimate of drug-likeness (QED) is 0.492. The number of amides is 2. The summed E-state index contributed by atoms with van der Waals surface area (Å²) in [6.07, 6.45) is 0.660.